The molecule has 7 nitrogen and oxygen atoms in total. The largest absolute Gasteiger partial charge is 0.469 e. The number of ether oxygens (including phenoxy) is 1. The summed E-state index contributed by atoms with van der Waals surface area (Å²) in [5, 5.41) is 9.10. The van der Waals surface area contributed by atoms with Crippen LogP contribution in [0.3, 0.4) is 0 Å². The van der Waals surface area contributed by atoms with E-state index in [2.05, 4.69) is 4.74 Å². The zero-order valence-electron chi connectivity index (χ0n) is 13.8. The second-order valence-electron chi connectivity index (χ2n) is 5.87. The first-order valence-corrected chi connectivity index (χ1v) is 7.72. The first-order chi connectivity index (χ1) is 12.4. The molecule has 26 heavy (non-hydrogen) atoms. The van der Waals surface area contributed by atoms with Gasteiger partial charge in [0.1, 0.15) is 0 Å². The molecule has 1 aliphatic carbocycles. The third-order valence-electron chi connectivity index (χ3n) is 4.38. The van der Waals surface area contributed by atoms with Crippen molar-refractivity contribution in [2.75, 3.05) is 12.2 Å². The molecule has 2 unspecified atom stereocenters. The number of carbonyl (C=O) groups excluding carboxylic acids is 2. The van der Waals surface area contributed by atoms with Gasteiger partial charge in [-0.25, -0.2) is 0 Å². The predicted molar refractivity (Wildman–Crippen MR) is 88.8 cm³/mol. The quantitative estimate of drug-likeness (QED) is 0.615. The summed E-state index contributed by atoms with van der Waals surface area (Å²) in [4.78, 5) is 35.7. The Labute approximate surface area is 147 Å². The Morgan fingerprint density at radius 2 is 2.00 bits per heavy atom. The Bertz CT molecular complexity index is 963. The van der Waals surface area contributed by atoms with Gasteiger partial charge >= 0.3 is 5.97 Å². The molecule has 1 heterocycles. The van der Waals surface area contributed by atoms with Crippen LogP contribution in [0.1, 0.15) is 6.42 Å². The normalized spacial score (nSPS) is 20.7. The lowest BCUT2D eigenvalue weighted by Gasteiger charge is -2.16. The zero-order valence-corrected chi connectivity index (χ0v) is 13.8. The second-order valence-corrected chi connectivity index (χ2v) is 5.87. The molecule has 2 aromatic rings. The molecule has 0 aliphatic heterocycles. The number of aromatic nitrogens is 1. The molecular weight excluding hydrogens is 341 g/mol. The molecule has 132 valence electrons. The number of halogens is 1. The van der Waals surface area contributed by atoms with Crippen LogP contribution >= 0.6 is 0 Å². The maximum absolute atomic E-state index is 14.5. The molecule has 8 heteroatoms. The summed E-state index contributed by atoms with van der Waals surface area (Å²) in [7, 11) is 1.14. The lowest BCUT2D eigenvalue weighted by atomic mass is 10.0. The van der Waals surface area contributed by atoms with Crippen LogP contribution in [-0.2, 0) is 14.3 Å². The van der Waals surface area contributed by atoms with Crippen molar-refractivity contribution < 1.29 is 18.8 Å². The van der Waals surface area contributed by atoms with Gasteiger partial charge < -0.3 is 4.74 Å². The van der Waals surface area contributed by atoms with Gasteiger partial charge in [-0.2, -0.15) is 5.26 Å². The van der Waals surface area contributed by atoms with Crippen molar-refractivity contribution in [3.63, 3.8) is 0 Å². The highest BCUT2D eigenvalue weighted by atomic mass is 19.2. The summed E-state index contributed by atoms with van der Waals surface area (Å²) in [5.74, 6) is -2.79. The van der Waals surface area contributed by atoms with Gasteiger partial charge in [-0.15, -0.1) is 5.12 Å². The number of rotatable bonds is 4. The molecule has 1 saturated carbocycles. The van der Waals surface area contributed by atoms with E-state index >= 15 is 0 Å². The van der Waals surface area contributed by atoms with E-state index in [9.17, 15) is 24.1 Å². The number of carbonyl (C=O) groups is 2. The number of methoxy groups -OCH3 is 1. The van der Waals surface area contributed by atoms with Crippen molar-refractivity contribution in [2.45, 2.75) is 6.42 Å². The number of nitriles is 1. The zero-order chi connectivity index (χ0) is 18.9. The minimum Gasteiger partial charge on any atom is -0.469 e. The molecule has 1 aromatic carbocycles. The van der Waals surface area contributed by atoms with Gasteiger partial charge in [-0.05, 0) is 36.8 Å². The molecule has 1 fully saturated rings. The SMILES string of the molecule is COC(=O)C1CC1(C#N)C(=O)N(F)c1ccc(-n2ccccc2=O)cc1. The number of hydrogen-bond donors (Lipinski definition) is 0. The Kier molecular flexibility index (Phi) is 4.30. The number of benzene rings is 1. The summed E-state index contributed by atoms with van der Waals surface area (Å²) in [6.45, 7) is 0. The first kappa shape index (κ1) is 17.4. The van der Waals surface area contributed by atoms with E-state index in [1.54, 1.807) is 24.4 Å². The molecule has 0 bridgehead atoms. The van der Waals surface area contributed by atoms with Crippen LogP contribution in [0.5, 0.6) is 0 Å². The highest BCUT2D eigenvalue weighted by molar-refractivity contribution is 6.04. The van der Waals surface area contributed by atoms with Gasteiger partial charge in [-0.1, -0.05) is 10.5 Å². The highest BCUT2D eigenvalue weighted by Gasteiger charge is 2.67. The van der Waals surface area contributed by atoms with Crippen LogP contribution < -0.4 is 10.7 Å². The number of esters is 1. The van der Waals surface area contributed by atoms with Crippen molar-refractivity contribution in [1.82, 2.24) is 4.57 Å². The minimum atomic E-state index is -1.74. The highest BCUT2D eigenvalue weighted by Crippen LogP contribution is 2.54. The molecule has 1 aliphatic rings. The van der Waals surface area contributed by atoms with Crippen LogP contribution in [0.25, 0.3) is 5.69 Å². The van der Waals surface area contributed by atoms with Gasteiger partial charge in [0.05, 0.1) is 24.8 Å². The van der Waals surface area contributed by atoms with Gasteiger partial charge in [0.25, 0.3) is 11.5 Å². The number of pyridine rings is 1. The van der Waals surface area contributed by atoms with E-state index in [1.165, 1.54) is 34.9 Å². The van der Waals surface area contributed by atoms with Gasteiger partial charge in [0.15, 0.2) is 5.41 Å². The topological polar surface area (TPSA) is 92.4 Å². The number of nitrogens with zero attached hydrogens (tertiary/aromatic N) is 3. The lowest BCUT2D eigenvalue weighted by Crippen LogP contribution is -2.33. The van der Waals surface area contributed by atoms with Crippen molar-refractivity contribution in [2.24, 2.45) is 11.3 Å². The molecule has 0 saturated heterocycles. The summed E-state index contributed by atoms with van der Waals surface area (Å²) < 4.78 is 20.4. The maximum atomic E-state index is 14.5. The van der Waals surface area contributed by atoms with Crippen molar-refractivity contribution in [1.29, 1.82) is 5.26 Å². The Morgan fingerprint density at radius 1 is 1.31 bits per heavy atom. The standard InChI is InChI=1S/C18H14FN3O4/c1-26-16(24)14-10-18(14,11-20)17(25)22(19)13-7-5-12(6-8-13)21-9-3-2-4-15(21)23/h2-9,14H,10H2,1H3. The summed E-state index contributed by atoms with van der Waals surface area (Å²) in [6.07, 6.45) is 1.48. The third kappa shape index (κ3) is 2.73. The average molecular weight is 355 g/mol. The first-order valence-electron chi connectivity index (χ1n) is 7.72. The Hall–Kier alpha value is -3.47. The predicted octanol–water partition coefficient (Wildman–Crippen LogP) is 1.76. The fourth-order valence-corrected chi connectivity index (χ4v) is 2.77. The average Bonchev–Trinajstić information content (AvgIpc) is 3.43. The Balaban J connectivity index is 1.83. The van der Waals surface area contributed by atoms with Gasteiger partial charge in [0.2, 0.25) is 0 Å². The van der Waals surface area contributed by atoms with Gasteiger partial charge in [0, 0.05) is 18.0 Å². The van der Waals surface area contributed by atoms with Crippen molar-refractivity contribution in [3.05, 3.63) is 59.0 Å². The number of hydrogen-bond acceptors (Lipinski definition) is 5. The van der Waals surface area contributed by atoms with Crippen molar-refractivity contribution >= 4 is 17.6 Å². The molecule has 1 amide bonds. The fraction of sp³-hybridized carbons (Fsp3) is 0.222. The van der Waals surface area contributed by atoms with Crippen LogP contribution in [-0.4, -0.2) is 23.6 Å². The second kappa shape index (κ2) is 6.44. The Morgan fingerprint density at radius 3 is 2.58 bits per heavy atom. The van der Waals surface area contributed by atoms with E-state index in [-0.39, 0.29) is 22.8 Å². The maximum Gasteiger partial charge on any atom is 0.310 e. The number of amides is 1. The summed E-state index contributed by atoms with van der Waals surface area (Å²) in [5.41, 5.74) is -1.60. The molecular formula is C18H14FN3O4. The van der Waals surface area contributed by atoms with E-state index in [0.717, 1.165) is 7.11 Å². The van der Waals surface area contributed by atoms with Crippen LogP contribution in [0.15, 0.2) is 53.5 Å². The minimum absolute atomic E-state index is 0.0765. The van der Waals surface area contributed by atoms with Crippen LogP contribution in [0.2, 0.25) is 0 Å². The monoisotopic (exact) mass is 355 g/mol. The van der Waals surface area contributed by atoms with E-state index in [4.69, 9.17) is 0 Å². The van der Waals surface area contributed by atoms with E-state index in [0.29, 0.717) is 5.69 Å². The van der Waals surface area contributed by atoms with Crippen LogP contribution in [0.4, 0.5) is 10.2 Å². The molecule has 3 rings (SSSR count). The van der Waals surface area contributed by atoms with E-state index < -0.39 is 23.2 Å². The summed E-state index contributed by atoms with van der Waals surface area (Å²) in [6, 6.07) is 12.0. The smallest absolute Gasteiger partial charge is 0.310 e. The van der Waals surface area contributed by atoms with Crippen molar-refractivity contribution in [3.8, 4) is 11.8 Å². The van der Waals surface area contributed by atoms with E-state index in [1.807, 2.05) is 0 Å². The molecule has 1 aromatic heterocycles. The summed E-state index contributed by atoms with van der Waals surface area (Å²) >= 11 is 0. The molecule has 2 atom stereocenters. The molecule has 0 spiro atoms. The lowest BCUT2D eigenvalue weighted by molar-refractivity contribution is -0.144. The molecule has 0 N–H and O–H groups in total. The van der Waals surface area contributed by atoms with Gasteiger partial charge in [-0.3, -0.25) is 19.0 Å². The molecule has 0 radical (unpaired) electrons. The fourth-order valence-electron chi connectivity index (χ4n) is 2.77. The third-order valence-corrected chi connectivity index (χ3v) is 4.38. The van der Waals surface area contributed by atoms with Crippen LogP contribution in [0, 0.1) is 22.7 Å². The number of anilines is 1.